The molecule has 0 bridgehead atoms. The first-order valence-corrected chi connectivity index (χ1v) is 10.3. The minimum Gasteiger partial charge on any atom is -0.383 e. The van der Waals surface area contributed by atoms with E-state index in [1.807, 2.05) is 18.2 Å². The number of rotatable bonds is 5. The zero-order valence-electron chi connectivity index (χ0n) is 17.4. The normalized spacial score (nSPS) is 18.8. The average molecular weight is 381 g/mol. The second-order valence-corrected chi connectivity index (χ2v) is 8.47. The first kappa shape index (κ1) is 20.4. The Balaban J connectivity index is 1.76. The second-order valence-electron chi connectivity index (χ2n) is 8.47. The molecule has 0 saturated carbocycles. The summed E-state index contributed by atoms with van der Waals surface area (Å²) in [5.41, 5.74) is 4.25. The molecule has 150 valence electrons. The third kappa shape index (κ3) is 4.22. The molecule has 28 heavy (non-hydrogen) atoms. The van der Waals surface area contributed by atoms with E-state index in [-0.39, 0.29) is 12.6 Å². The summed E-state index contributed by atoms with van der Waals surface area (Å²) in [7, 11) is 0. The zero-order chi connectivity index (χ0) is 20.3. The third-order valence-electron chi connectivity index (χ3n) is 5.71. The Morgan fingerprint density at radius 3 is 2.32 bits per heavy atom. The first-order valence-electron chi connectivity index (χ1n) is 10.3. The van der Waals surface area contributed by atoms with Gasteiger partial charge in [-0.15, -0.1) is 0 Å². The topological polar surface area (TPSA) is 61.4 Å². The summed E-state index contributed by atoms with van der Waals surface area (Å²) in [5.74, 6) is 0.617. The molecule has 0 spiro atoms. The molecule has 2 amide bonds. The molecule has 0 fully saturated rings. The average Bonchev–Trinajstić information content (AvgIpc) is 2.67. The van der Waals surface area contributed by atoms with Crippen LogP contribution in [0.25, 0.3) is 0 Å². The van der Waals surface area contributed by atoms with E-state index in [9.17, 15) is 9.90 Å². The summed E-state index contributed by atoms with van der Waals surface area (Å²) in [6.45, 7) is 8.72. The van der Waals surface area contributed by atoms with Gasteiger partial charge in [0.1, 0.15) is 5.60 Å². The number of nitrogens with one attached hydrogen (secondary N) is 2. The highest BCUT2D eigenvalue weighted by atomic mass is 16.3. The van der Waals surface area contributed by atoms with Crippen LogP contribution in [0, 0.1) is 0 Å². The maximum atomic E-state index is 12.7. The number of urea groups is 1. The number of aryl methyl sites for hydroxylation is 1. The van der Waals surface area contributed by atoms with Gasteiger partial charge < -0.3 is 15.7 Å². The lowest BCUT2D eigenvalue weighted by atomic mass is 9.79. The monoisotopic (exact) mass is 380 g/mol. The third-order valence-corrected chi connectivity index (χ3v) is 5.71. The lowest BCUT2D eigenvalue weighted by Gasteiger charge is -2.34. The summed E-state index contributed by atoms with van der Waals surface area (Å²) < 4.78 is 0. The number of aliphatic hydroxyl groups is 1. The Morgan fingerprint density at radius 1 is 1.04 bits per heavy atom. The lowest BCUT2D eigenvalue weighted by Crippen LogP contribution is -2.44. The Morgan fingerprint density at radius 2 is 1.68 bits per heavy atom. The molecule has 0 radical (unpaired) electrons. The predicted molar refractivity (Wildman–Crippen MR) is 115 cm³/mol. The number of hydrogen-bond acceptors (Lipinski definition) is 2. The van der Waals surface area contributed by atoms with E-state index in [2.05, 4.69) is 62.6 Å². The van der Waals surface area contributed by atoms with Crippen LogP contribution in [0.5, 0.6) is 0 Å². The van der Waals surface area contributed by atoms with Gasteiger partial charge in [-0.1, -0.05) is 70.2 Å². The number of amides is 2. The summed E-state index contributed by atoms with van der Waals surface area (Å²) in [6, 6.07) is 13.9. The van der Waals surface area contributed by atoms with Crippen molar-refractivity contribution >= 4 is 11.7 Å². The number of fused-ring (bicyclic) bond motifs is 1. The van der Waals surface area contributed by atoms with Gasteiger partial charge in [0.2, 0.25) is 0 Å². The predicted octanol–water partition coefficient (Wildman–Crippen LogP) is 5.28. The number of carbonyl (C=O) groups is 1. The fraction of sp³-hybridized carbons (Fsp3) is 0.458. The van der Waals surface area contributed by atoms with Crippen LogP contribution in [-0.4, -0.2) is 17.7 Å². The Kier molecular flexibility index (Phi) is 6.09. The van der Waals surface area contributed by atoms with Gasteiger partial charge in [-0.05, 0) is 53.4 Å². The van der Waals surface area contributed by atoms with Crippen LogP contribution in [0.4, 0.5) is 10.5 Å². The second kappa shape index (κ2) is 8.36. The maximum Gasteiger partial charge on any atom is 0.319 e. The van der Waals surface area contributed by atoms with Crippen molar-refractivity contribution in [1.82, 2.24) is 5.32 Å². The van der Waals surface area contributed by atoms with Crippen molar-refractivity contribution in [3.05, 3.63) is 64.7 Å². The maximum absolute atomic E-state index is 12.7. The van der Waals surface area contributed by atoms with Gasteiger partial charge in [-0.25, -0.2) is 4.79 Å². The fourth-order valence-corrected chi connectivity index (χ4v) is 4.16. The summed E-state index contributed by atoms with van der Waals surface area (Å²) in [4.78, 5) is 12.7. The minimum absolute atomic E-state index is 0.205. The van der Waals surface area contributed by atoms with Gasteiger partial charge in [0, 0.05) is 5.69 Å². The SMILES string of the molecule is CC(C)c1cccc(C(C)C)c1NC(=O)NCC1(O)CCCc2ccccc21. The van der Waals surface area contributed by atoms with Gasteiger partial charge in [0.05, 0.1) is 6.54 Å². The molecule has 0 heterocycles. The molecule has 1 atom stereocenters. The molecule has 1 aliphatic rings. The van der Waals surface area contributed by atoms with Gasteiger partial charge in [-0.2, -0.15) is 0 Å². The van der Waals surface area contributed by atoms with Crippen molar-refractivity contribution in [3.63, 3.8) is 0 Å². The highest BCUT2D eigenvalue weighted by molar-refractivity contribution is 5.91. The summed E-state index contributed by atoms with van der Waals surface area (Å²) in [5, 5.41) is 17.2. The highest BCUT2D eigenvalue weighted by Gasteiger charge is 2.34. The van der Waals surface area contributed by atoms with Crippen LogP contribution in [-0.2, 0) is 12.0 Å². The van der Waals surface area contributed by atoms with Crippen molar-refractivity contribution in [2.45, 2.75) is 64.4 Å². The number of carbonyl (C=O) groups excluding carboxylic acids is 1. The molecular formula is C24H32N2O2. The molecule has 4 heteroatoms. The van der Waals surface area contributed by atoms with E-state index in [1.165, 1.54) is 5.56 Å². The Bertz CT molecular complexity index is 818. The van der Waals surface area contributed by atoms with Crippen LogP contribution in [0.2, 0.25) is 0 Å². The minimum atomic E-state index is -1.01. The largest absolute Gasteiger partial charge is 0.383 e. The molecule has 0 aliphatic heterocycles. The highest BCUT2D eigenvalue weighted by Crippen LogP contribution is 2.35. The molecule has 0 saturated heterocycles. The molecule has 1 aliphatic carbocycles. The number of anilines is 1. The number of benzene rings is 2. The fourth-order valence-electron chi connectivity index (χ4n) is 4.16. The van der Waals surface area contributed by atoms with Crippen LogP contribution in [0.3, 0.4) is 0 Å². The standard InChI is InChI=1S/C24H32N2O2/c1-16(2)19-11-7-12-20(17(3)4)22(19)26-23(27)25-15-24(28)14-8-10-18-9-5-6-13-21(18)24/h5-7,9,11-13,16-17,28H,8,10,14-15H2,1-4H3,(H2,25,26,27). The molecule has 3 N–H and O–H groups in total. The Hall–Kier alpha value is -2.33. The molecule has 3 rings (SSSR count). The van der Waals surface area contributed by atoms with Crippen molar-refractivity contribution in [1.29, 1.82) is 0 Å². The molecule has 2 aromatic carbocycles. The van der Waals surface area contributed by atoms with Gasteiger partial charge in [-0.3, -0.25) is 0 Å². The van der Waals surface area contributed by atoms with Crippen LogP contribution < -0.4 is 10.6 Å². The van der Waals surface area contributed by atoms with Crippen molar-refractivity contribution in [3.8, 4) is 0 Å². The number of para-hydroxylation sites is 1. The molecule has 2 aromatic rings. The van der Waals surface area contributed by atoms with Gasteiger partial charge >= 0.3 is 6.03 Å². The van der Waals surface area contributed by atoms with E-state index in [1.54, 1.807) is 0 Å². The molecule has 1 unspecified atom stereocenters. The van der Waals surface area contributed by atoms with Crippen molar-refractivity contribution in [2.24, 2.45) is 0 Å². The van der Waals surface area contributed by atoms with E-state index < -0.39 is 5.60 Å². The molecule has 0 aromatic heterocycles. The van der Waals surface area contributed by atoms with Crippen LogP contribution >= 0.6 is 0 Å². The Labute approximate surface area is 168 Å². The first-order chi connectivity index (χ1) is 13.3. The van der Waals surface area contributed by atoms with Crippen LogP contribution in [0.15, 0.2) is 42.5 Å². The quantitative estimate of drug-likeness (QED) is 0.661. The van der Waals surface area contributed by atoms with E-state index in [0.717, 1.165) is 35.2 Å². The van der Waals surface area contributed by atoms with Gasteiger partial charge in [0.15, 0.2) is 0 Å². The summed E-state index contributed by atoms with van der Waals surface area (Å²) in [6.07, 6.45) is 2.55. The van der Waals surface area contributed by atoms with E-state index >= 15 is 0 Å². The summed E-state index contributed by atoms with van der Waals surface area (Å²) >= 11 is 0. The molecule has 4 nitrogen and oxygen atoms in total. The number of hydrogen-bond donors (Lipinski definition) is 3. The van der Waals surface area contributed by atoms with Crippen molar-refractivity contribution in [2.75, 3.05) is 11.9 Å². The lowest BCUT2D eigenvalue weighted by molar-refractivity contribution is 0.0221. The van der Waals surface area contributed by atoms with E-state index in [4.69, 9.17) is 0 Å². The zero-order valence-corrected chi connectivity index (χ0v) is 17.4. The molecular weight excluding hydrogens is 348 g/mol. The van der Waals surface area contributed by atoms with Crippen LogP contribution in [0.1, 0.15) is 74.6 Å². The smallest absolute Gasteiger partial charge is 0.319 e. The van der Waals surface area contributed by atoms with Gasteiger partial charge in [0.25, 0.3) is 0 Å². The van der Waals surface area contributed by atoms with E-state index in [0.29, 0.717) is 18.3 Å². The van der Waals surface area contributed by atoms with Crippen molar-refractivity contribution < 1.29 is 9.90 Å².